The second kappa shape index (κ2) is 8.29. The monoisotopic (exact) mass is 280 g/mol. The molecule has 1 aromatic carbocycles. The highest BCUT2D eigenvalue weighted by Gasteiger charge is 2.17. The maximum Gasteiger partial charge on any atom is 0.323 e. The standard InChI is InChI=1S/C14H20N2O4/c15-11(13(17)18)7-4-8-12(16)14(19)20-9-10-5-2-1-3-6-10/h1-3,5-6,11-12H,4,7-9,15-16H2,(H,17,18)/t11-,12+/m0/s1. The fraction of sp³-hybridized carbons (Fsp3) is 0.429. The predicted octanol–water partition coefficient (Wildman–Crippen LogP) is 0.639. The fourth-order valence-corrected chi connectivity index (χ4v) is 1.63. The van der Waals surface area contributed by atoms with Gasteiger partial charge in [-0.2, -0.15) is 0 Å². The van der Waals surface area contributed by atoms with E-state index in [4.69, 9.17) is 21.3 Å². The van der Waals surface area contributed by atoms with E-state index < -0.39 is 24.0 Å². The van der Waals surface area contributed by atoms with Crippen LogP contribution in [0.2, 0.25) is 0 Å². The first-order valence-electron chi connectivity index (χ1n) is 6.45. The van der Waals surface area contributed by atoms with Gasteiger partial charge in [-0.15, -0.1) is 0 Å². The van der Waals surface area contributed by atoms with Crippen LogP contribution in [0.5, 0.6) is 0 Å². The molecule has 0 aromatic heterocycles. The van der Waals surface area contributed by atoms with Crippen LogP contribution in [-0.2, 0) is 20.9 Å². The molecule has 1 aromatic rings. The highest BCUT2D eigenvalue weighted by molar-refractivity contribution is 5.75. The van der Waals surface area contributed by atoms with Gasteiger partial charge in [0.15, 0.2) is 0 Å². The molecule has 2 atom stereocenters. The van der Waals surface area contributed by atoms with Crippen molar-refractivity contribution in [3.8, 4) is 0 Å². The first kappa shape index (κ1) is 16.1. The van der Waals surface area contributed by atoms with E-state index in [0.29, 0.717) is 12.8 Å². The minimum absolute atomic E-state index is 0.183. The molecular formula is C14H20N2O4. The summed E-state index contributed by atoms with van der Waals surface area (Å²) < 4.78 is 5.08. The quantitative estimate of drug-likeness (QED) is 0.602. The Balaban J connectivity index is 2.24. The molecule has 0 aliphatic heterocycles. The summed E-state index contributed by atoms with van der Waals surface area (Å²) in [5.41, 5.74) is 11.9. The normalized spacial score (nSPS) is 13.5. The average molecular weight is 280 g/mol. The largest absolute Gasteiger partial charge is 0.480 e. The molecule has 0 saturated heterocycles. The van der Waals surface area contributed by atoms with Gasteiger partial charge >= 0.3 is 11.9 Å². The number of carbonyl (C=O) groups is 2. The number of benzene rings is 1. The van der Waals surface area contributed by atoms with Crippen molar-refractivity contribution in [1.29, 1.82) is 0 Å². The van der Waals surface area contributed by atoms with Crippen molar-refractivity contribution in [2.45, 2.75) is 38.0 Å². The van der Waals surface area contributed by atoms with Gasteiger partial charge in [-0.1, -0.05) is 30.3 Å². The molecule has 0 amide bonds. The molecule has 0 aliphatic carbocycles. The number of nitrogens with two attached hydrogens (primary N) is 2. The molecule has 1 rings (SSSR count). The first-order valence-corrected chi connectivity index (χ1v) is 6.45. The van der Waals surface area contributed by atoms with E-state index in [2.05, 4.69) is 0 Å². The Kier molecular flexibility index (Phi) is 6.69. The number of hydrogen-bond donors (Lipinski definition) is 3. The molecule has 6 nitrogen and oxygen atoms in total. The molecule has 6 heteroatoms. The summed E-state index contributed by atoms with van der Waals surface area (Å²) >= 11 is 0. The van der Waals surface area contributed by atoms with Crippen LogP contribution in [0.3, 0.4) is 0 Å². The van der Waals surface area contributed by atoms with Crippen LogP contribution in [0.4, 0.5) is 0 Å². The Morgan fingerprint density at radius 1 is 1.10 bits per heavy atom. The van der Waals surface area contributed by atoms with Crippen LogP contribution in [-0.4, -0.2) is 29.1 Å². The van der Waals surface area contributed by atoms with E-state index >= 15 is 0 Å². The Hall–Kier alpha value is -1.92. The fourth-order valence-electron chi connectivity index (χ4n) is 1.63. The number of carbonyl (C=O) groups excluding carboxylic acids is 1. The lowest BCUT2D eigenvalue weighted by molar-refractivity contribution is -0.146. The van der Waals surface area contributed by atoms with Gasteiger partial charge in [-0.25, -0.2) is 0 Å². The number of esters is 1. The number of ether oxygens (including phenoxy) is 1. The van der Waals surface area contributed by atoms with Crippen LogP contribution < -0.4 is 11.5 Å². The van der Waals surface area contributed by atoms with E-state index in [1.807, 2.05) is 30.3 Å². The summed E-state index contributed by atoms with van der Waals surface area (Å²) in [5.74, 6) is -1.54. The SMILES string of the molecule is N[C@H](CCC[C@H](N)C(=O)O)C(=O)OCc1ccccc1. The van der Waals surface area contributed by atoms with E-state index in [9.17, 15) is 9.59 Å². The van der Waals surface area contributed by atoms with Crippen LogP contribution in [0.1, 0.15) is 24.8 Å². The Labute approximate surface area is 117 Å². The zero-order valence-electron chi connectivity index (χ0n) is 11.2. The van der Waals surface area contributed by atoms with Gasteiger partial charge in [0.25, 0.3) is 0 Å². The van der Waals surface area contributed by atoms with E-state index in [0.717, 1.165) is 5.56 Å². The number of hydrogen-bond acceptors (Lipinski definition) is 5. The summed E-state index contributed by atoms with van der Waals surface area (Å²) in [7, 11) is 0. The Bertz CT molecular complexity index is 436. The summed E-state index contributed by atoms with van der Waals surface area (Å²) in [6.45, 7) is 0.183. The van der Waals surface area contributed by atoms with Gasteiger partial charge in [0.2, 0.25) is 0 Å². The van der Waals surface area contributed by atoms with Crippen molar-refractivity contribution < 1.29 is 19.4 Å². The van der Waals surface area contributed by atoms with E-state index in [1.165, 1.54) is 0 Å². The lowest BCUT2D eigenvalue weighted by Gasteiger charge is -2.12. The molecular weight excluding hydrogens is 260 g/mol. The number of rotatable bonds is 8. The summed E-state index contributed by atoms with van der Waals surface area (Å²) in [6, 6.07) is 7.63. The molecule has 0 saturated carbocycles. The van der Waals surface area contributed by atoms with Gasteiger partial charge in [-0.05, 0) is 24.8 Å². The molecule has 0 bridgehead atoms. The van der Waals surface area contributed by atoms with Gasteiger partial charge < -0.3 is 21.3 Å². The average Bonchev–Trinajstić information content (AvgIpc) is 2.45. The summed E-state index contributed by atoms with van der Waals surface area (Å²) in [6.07, 6.45) is 1.11. The Morgan fingerprint density at radius 2 is 1.70 bits per heavy atom. The minimum Gasteiger partial charge on any atom is -0.480 e. The molecule has 0 spiro atoms. The topological polar surface area (TPSA) is 116 Å². The maximum absolute atomic E-state index is 11.6. The van der Waals surface area contributed by atoms with Crippen molar-refractivity contribution in [3.63, 3.8) is 0 Å². The third kappa shape index (κ3) is 5.81. The maximum atomic E-state index is 11.6. The first-order chi connectivity index (χ1) is 9.50. The second-order valence-electron chi connectivity index (χ2n) is 4.58. The zero-order chi connectivity index (χ0) is 15.0. The van der Waals surface area contributed by atoms with Gasteiger partial charge in [-0.3, -0.25) is 9.59 Å². The zero-order valence-corrected chi connectivity index (χ0v) is 11.2. The van der Waals surface area contributed by atoms with E-state index in [-0.39, 0.29) is 13.0 Å². The Morgan fingerprint density at radius 3 is 2.30 bits per heavy atom. The van der Waals surface area contributed by atoms with Crippen molar-refractivity contribution in [2.24, 2.45) is 11.5 Å². The molecule has 0 unspecified atom stereocenters. The number of carboxylic acid groups (broad SMARTS) is 1. The molecule has 0 fully saturated rings. The van der Waals surface area contributed by atoms with Gasteiger partial charge in [0.05, 0.1) is 0 Å². The lowest BCUT2D eigenvalue weighted by atomic mass is 10.1. The van der Waals surface area contributed by atoms with Crippen molar-refractivity contribution in [2.75, 3.05) is 0 Å². The molecule has 5 N–H and O–H groups in total. The number of carboxylic acids is 1. The minimum atomic E-state index is -1.05. The van der Waals surface area contributed by atoms with Crippen LogP contribution in [0, 0.1) is 0 Å². The smallest absolute Gasteiger partial charge is 0.323 e. The molecule has 20 heavy (non-hydrogen) atoms. The predicted molar refractivity (Wildman–Crippen MR) is 73.7 cm³/mol. The second-order valence-corrected chi connectivity index (χ2v) is 4.58. The third-order valence-electron chi connectivity index (χ3n) is 2.87. The van der Waals surface area contributed by atoms with Crippen LogP contribution in [0.15, 0.2) is 30.3 Å². The number of aliphatic carboxylic acids is 1. The van der Waals surface area contributed by atoms with Gasteiger partial charge in [0, 0.05) is 0 Å². The van der Waals surface area contributed by atoms with Crippen molar-refractivity contribution in [1.82, 2.24) is 0 Å². The van der Waals surface area contributed by atoms with Gasteiger partial charge in [0.1, 0.15) is 18.7 Å². The molecule has 0 radical (unpaired) electrons. The third-order valence-corrected chi connectivity index (χ3v) is 2.87. The molecule has 0 heterocycles. The van der Waals surface area contributed by atoms with Crippen molar-refractivity contribution >= 4 is 11.9 Å². The van der Waals surface area contributed by atoms with Crippen LogP contribution >= 0.6 is 0 Å². The molecule has 0 aliphatic rings. The highest BCUT2D eigenvalue weighted by Crippen LogP contribution is 2.06. The summed E-state index contributed by atoms with van der Waals surface area (Å²) in [4.78, 5) is 22.2. The van der Waals surface area contributed by atoms with E-state index in [1.54, 1.807) is 0 Å². The van der Waals surface area contributed by atoms with Crippen molar-refractivity contribution in [3.05, 3.63) is 35.9 Å². The highest BCUT2D eigenvalue weighted by atomic mass is 16.5. The van der Waals surface area contributed by atoms with Crippen LogP contribution in [0.25, 0.3) is 0 Å². The lowest BCUT2D eigenvalue weighted by Crippen LogP contribution is -2.34. The summed E-state index contributed by atoms with van der Waals surface area (Å²) in [5, 5.41) is 8.62. The molecule has 110 valence electrons.